The molecule has 144 valence electrons. The molecular weight excluding hydrogens is 434 g/mol. The van der Waals surface area contributed by atoms with Crippen molar-refractivity contribution in [3.05, 3.63) is 76.8 Å². The van der Waals surface area contributed by atoms with Gasteiger partial charge in [0.2, 0.25) is 11.8 Å². The molecule has 4 atom stereocenters. The van der Waals surface area contributed by atoms with Crippen molar-refractivity contribution < 1.29 is 14.4 Å². The molecule has 2 saturated heterocycles. The number of imide groups is 1. The van der Waals surface area contributed by atoms with Gasteiger partial charge in [-0.25, -0.2) is 4.90 Å². The highest BCUT2D eigenvalue weighted by atomic mass is 79.9. The zero-order chi connectivity index (χ0) is 20.1. The van der Waals surface area contributed by atoms with Crippen molar-refractivity contribution in [1.82, 2.24) is 5.01 Å². The number of hydrazone groups is 1. The molecule has 0 spiro atoms. The number of halogens is 1. The molecule has 6 nitrogen and oxygen atoms in total. The molecule has 0 radical (unpaired) electrons. The predicted octanol–water partition coefficient (Wildman–Crippen LogP) is 3.05. The standard InChI is InChI=1S/C22H16BrN3O3/c23-14-8-10-15(11-9-14)25-21(28)17-16-7-4-12-24-26(16)19(18(17)22(25)29)20(27)13-5-2-1-3-6-13/h1-12,16-19H/t16-,17-,18+,19+/m1/s1. The molecule has 3 heterocycles. The minimum Gasteiger partial charge on any atom is -0.292 e. The smallest absolute Gasteiger partial charge is 0.240 e. The fourth-order valence-corrected chi connectivity index (χ4v) is 4.72. The van der Waals surface area contributed by atoms with Crippen molar-refractivity contribution in [3.8, 4) is 0 Å². The highest BCUT2D eigenvalue weighted by Crippen LogP contribution is 2.46. The number of allylic oxidation sites excluding steroid dienone is 1. The molecule has 0 aliphatic carbocycles. The molecule has 2 amide bonds. The van der Waals surface area contributed by atoms with Gasteiger partial charge in [0, 0.05) is 16.3 Å². The van der Waals surface area contributed by atoms with Crippen LogP contribution in [0.1, 0.15) is 10.4 Å². The van der Waals surface area contributed by atoms with Crippen LogP contribution in [0.15, 0.2) is 76.3 Å². The van der Waals surface area contributed by atoms with Gasteiger partial charge in [-0.05, 0) is 30.3 Å². The topological polar surface area (TPSA) is 70.0 Å². The summed E-state index contributed by atoms with van der Waals surface area (Å²) in [5.41, 5.74) is 1.02. The lowest BCUT2D eigenvalue weighted by atomic mass is 9.86. The van der Waals surface area contributed by atoms with Gasteiger partial charge in [-0.2, -0.15) is 5.10 Å². The Morgan fingerprint density at radius 3 is 2.34 bits per heavy atom. The number of ketones is 1. The first-order chi connectivity index (χ1) is 14.1. The number of anilines is 1. The van der Waals surface area contributed by atoms with Gasteiger partial charge in [-0.3, -0.25) is 19.4 Å². The van der Waals surface area contributed by atoms with E-state index >= 15 is 0 Å². The maximum absolute atomic E-state index is 13.4. The summed E-state index contributed by atoms with van der Waals surface area (Å²) in [6, 6.07) is 14.6. The van der Waals surface area contributed by atoms with Crippen molar-refractivity contribution in [1.29, 1.82) is 0 Å². The minimum atomic E-state index is -0.814. The molecule has 3 aliphatic rings. The Labute approximate surface area is 175 Å². The Hall–Kier alpha value is -3.06. The summed E-state index contributed by atoms with van der Waals surface area (Å²) in [7, 11) is 0. The number of rotatable bonds is 3. The summed E-state index contributed by atoms with van der Waals surface area (Å²) in [6.45, 7) is 0. The van der Waals surface area contributed by atoms with Crippen molar-refractivity contribution in [2.24, 2.45) is 16.9 Å². The third-order valence-corrected chi connectivity index (χ3v) is 6.23. The molecule has 0 aromatic heterocycles. The monoisotopic (exact) mass is 449 g/mol. The fourth-order valence-electron chi connectivity index (χ4n) is 4.46. The van der Waals surface area contributed by atoms with Crippen LogP contribution < -0.4 is 4.90 Å². The summed E-state index contributed by atoms with van der Waals surface area (Å²) >= 11 is 3.37. The molecule has 2 fully saturated rings. The quantitative estimate of drug-likeness (QED) is 0.533. The summed E-state index contributed by atoms with van der Waals surface area (Å²) < 4.78 is 0.855. The maximum atomic E-state index is 13.4. The van der Waals surface area contributed by atoms with Crippen molar-refractivity contribution in [3.63, 3.8) is 0 Å². The first-order valence-corrected chi connectivity index (χ1v) is 10.1. The van der Waals surface area contributed by atoms with Crippen LogP contribution >= 0.6 is 15.9 Å². The largest absolute Gasteiger partial charge is 0.292 e. The van der Waals surface area contributed by atoms with E-state index in [1.165, 1.54) is 4.90 Å². The molecule has 0 bridgehead atoms. The number of hydrogen-bond donors (Lipinski definition) is 0. The first-order valence-electron chi connectivity index (χ1n) is 9.29. The van der Waals surface area contributed by atoms with Crippen LogP contribution in [0.25, 0.3) is 0 Å². The van der Waals surface area contributed by atoms with E-state index in [-0.39, 0.29) is 17.6 Å². The van der Waals surface area contributed by atoms with E-state index in [0.29, 0.717) is 11.3 Å². The molecule has 29 heavy (non-hydrogen) atoms. The van der Waals surface area contributed by atoms with E-state index in [1.807, 2.05) is 12.1 Å². The maximum Gasteiger partial charge on any atom is 0.240 e. The Morgan fingerprint density at radius 2 is 1.62 bits per heavy atom. The van der Waals surface area contributed by atoms with Gasteiger partial charge in [0.1, 0.15) is 6.04 Å². The van der Waals surface area contributed by atoms with Gasteiger partial charge < -0.3 is 0 Å². The number of benzene rings is 2. The Kier molecular flexibility index (Phi) is 4.20. The van der Waals surface area contributed by atoms with Crippen LogP contribution in [0.5, 0.6) is 0 Å². The van der Waals surface area contributed by atoms with Crippen LogP contribution in [-0.4, -0.2) is 40.9 Å². The zero-order valence-electron chi connectivity index (χ0n) is 15.2. The van der Waals surface area contributed by atoms with Crippen LogP contribution in [0, 0.1) is 11.8 Å². The summed E-state index contributed by atoms with van der Waals surface area (Å²) in [6.07, 6.45) is 5.19. The van der Waals surface area contributed by atoms with E-state index in [9.17, 15) is 14.4 Å². The summed E-state index contributed by atoms with van der Waals surface area (Å²) in [4.78, 5) is 41.3. The van der Waals surface area contributed by atoms with Gasteiger partial charge in [-0.1, -0.05) is 52.3 Å². The molecule has 5 rings (SSSR count). The number of nitrogens with zero attached hydrogens (tertiary/aromatic N) is 3. The van der Waals surface area contributed by atoms with Crippen molar-refractivity contribution in [2.45, 2.75) is 12.1 Å². The number of amides is 2. The SMILES string of the molecule is O=C(c1ccccc1)[C@@H]1[C@H]2C(=O)N(c3ccc(Br)cc3)C(=O)[C@@H]2[C@H]2C=CC=NN21. The fraction of sp³-hybridized carbons (Fsp3) is 0.182. The van der Waals surface area contributed by atoms with Gasteiger partial charge >= 0.3 is 0 Å². The van der Waals surface area contributed by atoms with E-state index < -0.39 is 23.9 Å². The molecule has 0 saturated carbocycles. The van der Waals surface area contributed by atoms with Crippen LogP contribution in [0.3, 0.4) is 0 Å². The number of carbonyl (C=O) groups excluding carboxylic acids is 3. The molecule has 2 aromatic rings. The number of Topliss-reactive ketones (excluding diaryl/α,β-unsaturated/α-hetero) is 1. The lowest BCUT2D eigenvalue weighted by Crippen LogP contribution is -2.46. The summed E-state index contributed by atoms with van der Waals surface area (Å²) in [5, 5.41) is 5.98. The lowest BCUT2D eigenvalue weighted by molar-refractivity contribution is -0.123. The minimum absolute atomic E-state index is 0.200. The second kappa shape index (κ2) is 6.77. The lowest BCUT2D eigenvalue weighted by Gasteiger charge is -2.30. The third-order valence-electron chi connectivity index (χ3n) is 5.70. The number of hydrogen-bond acceptors (Lipinski definition) is 5. The summed E-state index contributed by atoms with van der Waals surface area (Å²) in [5.74, 6) is -2.26. The van der Waals surface area contributed by atoms with Crippen LogP contribution in [0.2, 0.25) is 0 Å². The Balaban J connectivity index is 1.58. The van der Waals surface area contributed by atoms with Gasteiger partial charge in [0.25, 0.3) is 0 Å². The molecule has 0 N–H and O–H groups in total. The number of fused-ring (bicyclic) bond motifs is 3. The number of carbonyl (C=O) groups is 3. The highest BCUT2D eigenvalue weighted by molar-refractivity contribution is 9.10. The van der Waals surface area contributed by atoms with E-state index in [2.05, 4.69) is 21.0 Å². The Bertz CT molecular complexity index is 1060. The van der Waals surface area contributed by atoms with Gasteiger partial charge in [0.15, 0.2) is 5.78 Å². The van der Waals surface area contributed by atoms with E-state index in [4.69, 9.17) is 0 Å². The second-order valence-electron chi connectivity index (χ2n) is 7.24. The zero-order valence-corrected chi connectivity index (χ0v) is 16.8. The van der Waals surface area contributed by atoms with Gasteiger partial charge in [-0.15, -0.1) is 0 Å². The molecular formula is C22H16BrN3O3. The van der Waals surface area contributed by atoms with Gasteiger partial charge in [0.05, 0.1) is 23.6 Å². The van der Waals surface area contributed by atoms with Crippen molar-refractivity contribution in [2.75, 3.05) is 4.90 Å². The predicted molar refractivity (Wildman–Crippen MR) is 111 cm³/mol. The second-order valence-corrected chi connectivity index (χ2v) is 8.15. The van der Waals surface area contributed by atoms with Crippen molar-refractivity contribution >= 4 is 45.4 Å². The molecule has 0 unspecified atom stereocenters. The molecule has 2 aromatic carbocycles. The van der Waals surface area contributed by atoms with E-state index in [1.54, 1.807) is 65.8 Å². The van der Waals surface area contributed by atoms with E-state index in [0.717, 1.165) is 4.47 Å². The average Bonchev–Trinajstić information content (AvgIpc) is 3.22. The molecule has 3 aliphatic heterocycles. The highest BCUT2D eigenvalue weighted by Gasteiger charge is 2.64. The average molecular weight is 450 g/mol. The third kappa shape index (κ3) is 2.68. The molecule has 7 heteroatoms. The first kappa shape index (κ1) is 18.0. The normalized spacial score (nSPS) is 27.3. The van der Waals surface area contributed by atoms with Crippen LogP contribution in [0.4, 0.5) is 5.69 Å². The Morgan fingerprint density at radius 1 is 0.931 bits per heavy atom. The van der Waals surface area contributed by atoms with Crippen LogP contribution in [-0.2, 0) is 9.59 Å².